The van der Waals surface area contributed by atoms with Crippen LogP contribution >= 0.6 is 0 Å². The molecule has 30 heavy (non-hydrogen) atoms. The number of hydrogen-bond donors (Lipinski definition) is 0. The molecule has 0 aromatic heterocycles. The molecule has 0 bridgehead atoms. The molecule has 0 N–H and O–H groups in total. The third-order valence-corrected chi connectivity index (χ3v) is 6.95. The molecular weight excluding hydrogens is 377 g/mol. The van der Waals surface area contributed by atoms with E-state index in [1.54, 1.807) is 6.08 Å². The molecule has 3 nitrogen and oxygen atoms in total. The van der Waals surface area contributed by atoms with E-state index in [2.05, 4.69) is 6.92 Å². The molecule has 0 spiro atoms. The zero-order valence-electron chi connectivity index (χ0n) is 18.8. The van der Waals surface area contributed by atoms with Crippen LogP contribution in [0, 0.1) is 29.1 Å². The van der Waals surface area contributed by atoms with Crippen molar-refractivity contribution in [1.82, 2.24) is 0 Å². The van der Waals surface area contributed by atoms with Gasteiger partial charge >= 0.3 is 5.97 Å². The Morgan fingerprint density at radius 2 is 1.67 bits per heavy atom. The number of esters is 1. The van der Waals surface area contributed by atoms with Crippen molar-refractivity contribution < 1.29 is 13.9 Å². The van der Waals surface area contributed by atoms with Crippen molar-refractivity contribution in [2.45, 2.75) is 109 Å². The number of allylic oxidation sites excluding steroid dienone is 4. The van der Waals surface area contributed by atoms with Gasteiger partial charge in [-0.2, -0.15) is 9.65 Å². The van der Waals surface area contributed by atoms with E-state index in [9.17, 15) is 9.18 Å². The van der Waals surface area contributed by atoms with Gasteiger partial charge in [0.2, 0.25) is 0 Å². The van der Waals surface area contributed by atoms with Gasteiger partial charge in [0.05, 0.1) is 5.92 Å². The molecule has 2 rings (SSSR count). The van der Waals surface area contributed by atoms with Crippen molar-refractivity contribution in [3.63, 3.8) is 0 Å². The van der Waals surface area contributed by atoms with Crippen LogP contribution in [0.5, 0.6) is 0 Å². The van der Waals surface area contributed by atoms with Crippen LogP contribution in [0.25, 0.3) is 0 Å². The van der Waals surface area contributed by atoms with Gasteiger partial charge in [-0.1, -0.05) is 51.2 Å². The number of hydrogen-bond acceptors (Lipinski definition) is 3. The van der Waals surface area contributed by atoms with Gasteiger partial charge in [0.25, 0.3) is 0 Å². The summed E-state index contributed by atoms with van der Waals surface area (Å²) in [6, 6.07) is 1.46. The molecular formula is C26H40FNO2. The highest BCUT2D eigenvalue weighted by Gasteiger charge is 2.30. The summed E-state index contributed by atoms with van der Waals surface area (Å²) in [7, 11) is 0. The molecule has 0 aliphatic heterocycles. The lowest BCUT2D eigenvalue weighted by Gasteiger charge is -2.31. The number of carbonyl (C=O) groups is 1. The first kappa shape index (κ1) is 24.6. The number of halogens is 1. The first-order chi connectivity index (χ1) is 14.6. The molecule has 2 aliphatic carbocycles. The van der Waals surface area contributed by atoms with Gasteiger partial charge in [0.1, 0.15) is 12.2 Å². The number of rotatable bonds is 11. The minimum atomic E-state index is -0.759. The lowest BCUT2D eigenvalue weighted by Crippen LogP contribution is -2.30. The van der Waals surface area contributed by atoms with E-state index in [-0.39, 0.29) is 18.0 Å². The molecule has 0 heterocycles. The Hall–Kier alpha value is -1.63. The fraction of sp³-hybridized carbons (Fsp3) is 0.769. The third-order valence-electron chi connectivity index (χ3n) is 6.95. The predicted molar refractivity (Wildman–Crippen MR) is 119 cm³/mol. The molecule has 2 aliphatic rings. The van der Waals surface area contributed by atoms with Crippen LogP contribution in [0.3, 0.4) is 0 Å². The summed E-state index contributed by atoms with van der Waals surface area (Å²) < 4.78 is 18.6. The highest BCUT2D eigenvalue weighted by molar-refractivity contribution is 5.72. The summed E-state index contributed by atoms with van der Waals surface area (Å²) >= 11 is 0. The second kappa shape index (κ2) is 14.4. The lowest BCUT2D eigenvalue weighted by molar-refractivity contribution is -0.157. The number of unbranched alkanes of at least 4 members (excludes halogenated alkanes) is 3. The van der Waals surface area contributed by atoms with Gasteiger partial charge in [0, 0.05) is 0 Å². The lowest BCUT2D eigenvalue weighted by atomic mass is 9.80. The third kappa shape index (κ3) is 9.45. The van der Waals surface area contributed by atoms with Gasteiger partial charge in [-0.3, -0.25) is 4.79 Å². The van der Waals surface area contributed by atoms with Gasteiger partial charge in [-0.25, -0.2) is 0 Å². The fourth-order valence-corrected chi connectivity index (χ4v) is 4.96. The van der Waals surface area contributed by atoms with Crippen LogP contribution in [0.15, 0.2) is 24.1 Å². The van der Waals surface area contributed by atoms with E-state index in [4.69, 9.17) is 10.00 Å². The highest BCUT2D eigenvalue weighted by atomic mass is 19.1. The molecule has 0 aromatic carbocycles. The molecule has 0 amide bonds. The van der Waals surface area contributed by atoms with Gasteiger partial charge in [0.15, 0.2) is 5.83 Å². The smallest absolute Gasteiger partial charge is 0.309 e. The molecule has 0 unspecified atom stereocenters. The summed E-state index contributed by atoms with van der Waals surface area (Å²) in [5, 5.41) is 8.36. The minimum Gasteiger partial charge on any atom is -0.462 e. The van der Waals surface area contributed by atoms with E-state index in [1.165, 1.54) is 57.1 Å². The van der Waals surface area contributed by atoms with Crippen molar-refractivity contribution in [3.8, 4) is 6.07 Å². The van der Waals surface area contributed by atoms with Crippen molar-refractivity contribution in [1.29, 1.82) is 5.26 Å². The Labute approximate surface area is 182 Å². The maximum Gasteiger partial charge on any atom is 0.309 e. The molecule has 0 atom stereocenters. The largest absolute Gasteiger partial charge is 0.462 e. The highest BCUT2D eigenvalue weighted by Crippen LogP contribution is 2.34. The summed E-state index contributed by atoms with van der Waals surface area (Å²) in [4.78, 5) is 12.6. The van der Waals surface area contributed by atoms with E-state index >= 15 is 0 Å². The van der Waals surface area contributed by atoms with Crippen molar-refractivity contribution in [2.75, 3.05) is 0 Å². The first-order valence-corrected chi connectivity index (χ1v) is 12.2. The molecule has 2 saturated carbocycles. The Balaban J connectivity index is 1.57. The van der Waals surface area contributed by atoms with E-state index in [0.717, 1.165) is 57.3 Å². The number of nitrogens with zero attached hydrogens (tertiary/aromatic N) is 1. The van der Waals surface area contributed by atoms with E-state index < -0.39 is 5.83 Å². The second-order valence-electron chi connectivity index (χ2n) is 9.28. The average Bonchev–Trinajstić information content (AvgIpc) is 2.77. The minimum absolute atomic E-state index is 0.0388. The number of ether oxygens (including phenoxy) is 1. The van der Waals surface area contributed by atoms with E-state index in [1.807, 2.05) is 6.08 Å². The van der Waals surface area contributed by atoms with Crippen LogP contribution in [-0.4, -0.2) is 12.1 Å². The van der Waals surface area contributed by atoms with E-state index in [0.29, 0.717) is 5.92 Å². The SMILES string of the molecule is CCCCCC[C@H]1CC[C@H](OC(=O)[C@H]2CC[C@H](CCC=CC=C(F)C#N)CC2)CC1. The van der Waals surface area contributed by atoms with Crippen molar-refractivity contribution in [2.24, 2.45) is 17.8 Å². The summed E-state index contributed by atoms with van der Waals surface area (Å²) in [5.41, 5.74) is 0. The number of carbonyl (C=O) groups excluding carboxylic acids is 1. The summed E-state index contributed by atoms with van der Waals surface area (Å²) in [5.74, 6) is 0.832. The Kier molecular flexibility index (Phi) is 11.8. The summed E-state index contributed by atoms with van der Waals surface area (Å²) in [6.45, 7) is 2.26. The molecule has 168 valence electrons. The molecule has 4 heteroatoms. The molecule has 0 radical (unpaired) electrons. The zero-order chi connectivity index (χ0) is 21.6. The maximum absolute atomic E-state index is 12.7. The standard InChI is InChI=1S/C26H40FNO2/c1-2-3-4-6-9-22-14-18-25(19-15-22)30-26(29)23-16-12-21(13-17-23)10-7-5-8-11-24(27)20-28/h5,8,11,21-23,25H,2-4,6-7,9-10,12-19H2,1H3/t21-,22-,23-,25-. The van der Waals surface area contributed by atoms with Gasteiger partial charge < -0.3 is 4.74 Å². The van der Waals surface area contributed by atoms with Crippen LogP contribution in [0.4, 0.5) is 4.39 Å². The van der Waals surface area contributed by atoms with Crippen LogP contribution in [0.2, 0.25) is 0 Å². The van der Waals surface area contributed by atoms with Crippen molar-refractivity contribution >= 4 is 5.97 Å². The second-order valence-corrected chi connectivity index (χ2v) is 9.28. The maximum atomic E-state index is 12.7. The fourth-order valence-electron chi connectivity index (χ4n) is 4.96. The average molecular weight is 418 g/mol. The zero-order valence-corrected chi connectivity index (χ0v) is 18.8. The topological polar surface area (TPSA) is 50.1 Å². The molecule has 2 fully saturated rings. The predicted octanol–water partition coefficient (Wildman–Crippen LogP) is 7.58. The Bertz CT molecular complexity index is 591. The first-order valence-electron chi connectivity index (χ1n) is 12.2. The van der Waals surface area contributed by atoms with Gasteiger partial charge in [-0.15, -0.1) is 0 Å². The quantitative estimate of drug-likeness (QED) is 0.151. The van der Waals surface area contributed by atoms with Crippen LogP contribution in [-0.2, 0) is 9.53 Å². The molecule has 0 saturated heterocycles. The van der Waals surface area contributed by atoms with Crippen LogP contribution < -0.4 is 0 Å². The Morgan fingerprint density at radius 3 is 2.33 bits per heavy atom. The van der Waals surface area contributed by atoms with Crippen molar-refractivity contribution in [3.05, 3.63) is 24.1 Å². The Morgan fingerprint density at radius 1 is 1.00 bits per heavy atom. The normalized spacial score (nSPS) is 27.7. The summed E-state index contributed by atoms with van der Waals surface area (Å²) in [6.07, 6.45) is 22.1. The monoisotopic (exact) mass is 417 g/mol. The van der Waals surface area contributed by atoms with Crippen LogP contribution in [0.1, 0.15) is 103 Å². The molecule has 0 aromatic rings. The number of nitriles is 1. The van der Waals surface area contributed by atoms with Gasteiger partial charge in [-0.05, 0) is 82.1 Å².